The van der Waals surface area contributed by atoms with Crippen LogP contribution in [0.5, 0.6) is 11.5 Å². The number of carbonyl (C=O) groups excluding carboxylic acids is 3. The van der Waals surface area contributed by atoms with E-state index in [-0.39, 0.29) is 43.9 Å². The summed E-state index contributed by atoms with van der Waals surface area (Å²) in [6.45, 7) is 5.12. The second kappa shape index (κ2) is 16.1. The maximum Gasteiger partial charge on any atom is 0.435 e. The number of aliphatic hydroxyl groups is 1. The van der Waals surface area contributed by atoms with Crippen LogP contribution in [0.15, 0.2) is 59.6 Å². The molecule has 3 aromatic carbocycles. The largest absolute Gasteiger partial charge is 0.487 e. The molecule has 44 heavy (non-hydrogen) atoms. The monoisotopic (exact) mass is 626 g/mol. The summed E-state index contributed by atoms with van der Waals surface area (Å²) in [5.74, 6) is -0.384. The van der Waals surface area contributed by atoms with E-state index in [9.17, 15) is 19.5 Å². The summed E-state index contributed by atoms with van der Waals surface area (Å²) in [4.78, 5) is 40.3. The summed E-state index contributed by atoms with van der Waals surface area (Å²) in [7, 11) is 1.19. The molecule has 2 amide bonds. The van der Waals surface area contributed by atoms with Crippen LogP contribution in [-0.2, 0) is 27.4 Å². The van der Waals surface area contributed by atoms with Gasteiger partial charge in [0.05, 0.1) is 32.0 Å². The maximum atomic E-state index is 13.3. The Morgan fingerprint density at radius 3 is 2.43 bits per heavy atom. The molecule has 3 rings (SSSR count). The maximum absolute atomic E-state index is 13.3. The molecule has 0 atom stereocenters. The second-order valence-electron chi connectivity index (χ2n) is 9.54. The number of rotatable bonds is 13. The third kappa shape index (κ3) is 9.61. The summed E-state index contributed by atoms with van der Waals surface area (Å²) in [5.41, 5.74) is 8.58. The summed E-state index contributed by atoms with van der Waals surface area (Å²) < 4.78 is 21.2. The van der Waals surface area contributed by atoms with Crippen molar-refractivity contribution in [2.75, 3.05) is 31.0 Å². The summed E-state index contributed by atoms with van der Waals surface area (Å²) in [6, 6.07) is 14.6. The molecule has 13 heteroatoms. The van der Waals surface area contributed by atoms with E-state index in [1.165, 1.54) is 13.2 Å². The smallest absolute Gasteiger partial charge is 0.435 e. The zero-order valence-electron chi connectivity index (χ0n) is 24.8. The van der Waals surface area contributed by atoms with E-state index in [1.54, 1.807) is 55.5 Å². The molecule has 0 aliphatic carbocycles. The van der Waals surface area contributed by atoms with Crippen LogP contribution < -0.4 is 25.8 Å². The fourth-order valence-electron chi connectivity index (χ4n) is 3.97. The molecule has 0 heterocycles. The number of hydrogen-bond donors (Lipinski definition) is 4. The van der Waals surface area contributed by atoms with Crippen LogP contribution in [-0.4, -0.2) is 55.3 Å². The number of esters is 1. The van der Waals surface area contributed by atoms with Gasteiger partial charge in [-0.25, -0.2) is 9.59 Å². The number of benzene rings is 3. The number of nitrogens with one attached hydrogen (secondary N) is 2. The van der Waals surface area contributed by atoms with Crippen LogP contribution in [0.25, 0.3) is 0 Å². The first-order chi connectivity index (χ1) is 21.0. The number of halogens is 1. The van der Waals surface area contributed by atoms with Gasteiger partial charge < -0.3 is 40.4 Å². The first-order valence-corrected chi connectivity index (χ1v) is 14.0. The van der Waals surface area contributed by atoms with E-state index in [4.69, 9.17) is 31.5 Å². The predicted molar refractivity (Wildman–Crippen MR) is 167 cm³/mol. The molecular weight excluding hydrogens is 592 g/mol. The Kier molecular flexibility index (Phi) is 12.4. The molecule has 3 aromatic rings. The number of ether oxygens (including phenoxy) is 4. The molecule has 0 radical (unpaired) electrons. The van der Waals surface area contributed by atoms with Gasteiger partial charge >= 0.3 is 12.1 Å². The van der Waals surface area contributed by atoms with Crippen molar-refractivity contribution >= 4 is 46.8 Å². The van der Waals surface area contributed by atoms with Crippen LogP contribution in [0.1, 0.15) is 47.8 Å². The Bertz CT molecular complexity index is 1510. The van der Waals surface area contributed by atoms with E-state index in [0.717, 1.165) is 0 Å². The normalized spacial score (nSPS) is 11.1. The third-order valence-electron chi connectivity index (χ3n) is 5.90. The summed E-state index contributed by atoms with van der Waals surface area (Å²) >= 11 is 6.24. The summed E-state index contributed by atoms with van der Waals surface area (Å²) in [5, 5.41) is 16.3. The second-order valence-corrected chi connectivity index (χ2v) is 9.98. The van der Waals surface area contributed by atoms with Crippen LogP contribution in [0.2, 0.25) is 5.02 Å². The highest BCUT2D eigenvalue weighted by molar-refractivity contribution is 6.31. The van der Waals surface area contributed by atoms with Gasteiger partial charge in [-0.05, 0) is 80.9 Å². The number of nitrogens with zero attached hydrogens (tertiary/aromatic N) is 1. The minimum absolute atomic E-state index is 0.0334. The number of carbonyl (C=O) groups is 3. The standard InChI is InChI=1S/C31H35ClN4O8/c1-5-42-27(38)17-43-28-21(12-19(16-37)13-26(28)44-18(2)3)15-34-25-11-8-22(32)14-24(25)30(39)35-23-9-6-20(7-10-23)29(33)36-31(40)41-4/h6-14,18,34,37H,5,15-17H2,1-4H3,(H,35,39)(H2,33,36,40). The lowest BCUT2D eigenvalue weighted by molar-refractivity contribution is -0.145. The number of anilines is 2. The van der Waals surface area contributed by atoms with Crippen LogP contribution in [0, 0.1) is 0 Å². The molecule has 0 aliphatic rings. The first kappa shape index (κ1) is 33.7. The van der Waals surface area contributed by atoms with E-state index >= 15 is 0 Å². The molecule has 0 aliphatic heterocycles. The highest BCUT2D eigenvalue weighted by atomic mass is 35.5. The average Bonchev–Trinajstić information content (AvgIpc) is 2.99. The molecule has 0 aromatic heterocycles. The van der Waals surface area contributed by atoms with Crippen molar-refractivity contribution in [2.45, 2.75) is 40.0 Å². The van der Waals surface area contributed by atoms with Crippen molar-refractivity contribution in [1.82, 2.24) is 0 Å². The van der Waals surface area contributed by atoms with Crippen molar-refractivity contribution in [3.63, 3.8) is 0 Å². The third-order valence-corrected chi connectivity index (χ3v) is 6.13. The highest BCUT2D eigenvalue weighted by Gasteiger charge is 2.19. The van der Waals surface area contributed by atoms with Crippen molar-refractivity contribution in [3.05, 3.63) is 81.9 Å². The fourth-order valence-corrected chi connectivity index (χ4v) is 4.14. The number of methoxy groups -OCH3 is 1. The Hall–Kier alpha value is -4.81. The number of hydrogen-bond acceptors (Lipinski definition) is 9. The van der Waals surface area contributed by atoms with Crippen LogP contribution in [0.4, 0.5) is 16.2 Å². The van der Waals surface area contributed by atoms with Gasteiger partial charge in [-0.1, -0.05) is 11.6 Å². The van der Waals surface area contributed by atoms with Crippen molar-refractivity contribution in [2.24, 2.45) is 10.7 Å². The molecule has 5 N–H and O–H groups in total. The molecule has 234 valence electrons. The topological polar surface area (TPSA) is 171 Å². The molecule has 0 fully saturated rings. The van der Waals surface area contributed by atoms with Gasteiger partial charge in [-0.15, -0.1) is 0 Å². The lowest BCUT2D eigenvalue weighted by atomic mass is 10.1. The average molecular weight is 627 g/mol. The number of amides is 2. The molecule has 12 nitrogen and oxygen atoms in total. The number of aliphatic imine (C=N–C) groups is 1. The van der Waals surface area contributed by atoms with Crippen LogP contribution in [0.3, 0.4) is 0 Å². The molecule has 0 unspecified atom stereocenters. The fraction of sp³-hybridized carbons (Fsp3) is 0.290. The van der Waals surface area contributed by atoms with Crippen LogP contribution >= 0.6 is 11.6 Å². The quantitative estimate of drug-likeness (QED) is 0.116. The van der Waals surface area contributed by atoms with Gasteiger partial charge in [0.1, 0.15) is 5.84 Å². The minimum Gasteiger partial charge on any atom is -0.487 e. The lowest BCUT2D eigenvalue weighted by Crippen LogP contribution is -2.18. The Balaban J connectivity index is 1.86. The Labute approximate surface area is 260 Å². The van der Waals surface area contributed by atoms with Crippen molar-refractivity contribution < 1.29 is 38.4 Å². The van der Waals surface area contributed by atoms with E-state index in [1.807, 2.05) is 13.8 Å². The minimum atomic E-state index is -0.828. The van der Waals surface area contributed by atoms with Gasteiger partial charge in [0.15, 0.2) is 18.1 Å². The molecular formula is C31H35ClN4O8. The molecule has 0 saturated heterocycles. The number of amidine groups is 1. The van der Waals surface area contributed by atoms with Gasteiger partial charge in [-0.2, -0.15) is 4.99 Å². The molecule has 0 bridgehead atoms. The Morgan fingerprint density at radius 2 is 1.80 bits per heavy atom. The van der Waals surface area contributed by atoms with Gasteiger partial charge in [0.25, 0.3) is 5.91 Å². The zero-order valence-corrected chi connectivity index (χ0v) is 25.6. The van der Waals surface area contributed by atoms with Gasteiger partial charge in [0.2, 0.25) is 0 Å². The van der Waals surface area contributed by atoms with E-state index in [0.29, 0.717) is 44.6 Å². The number of nitrogens with two attached hydrogens (primary N) is 1. The number of aliphatic hydroxyl groups excluding tert-OH is 1. The molecule has 0 saturated carbocycles. The van der Waals surface area contributed by atoms with Gasteiger partial charge in [0, 0.05) is 34.1 Å². The van der Waals surface area contributed by atoms with E-state index in [2.05, 4.69) is 20.4 Å². The first-order valence-electron chi connectivity index (χ1n) is 13.6. The van der Waals surface area contributed by atoms with Gasteiger partial charge in [-0.3, -0.25) is 4.79 Å². The van der Waals surface area contributed by atoms with Crippen molar-refractivity contribution in [1.29, 1.82) is 0 Å². The van der Waals surface area contributed by atoms with E-state index < -0.39 is 18.0 Å². The predicted octanol–water partition coefficient (Wildman–Crippen LogP) is 4.90. The summed E-state index contributed by atoms with van der Waals surface area (Å²) in [6.07, 6.45) is -1.04. The zero-order chi connectivity index (χ0) is 32.2. The highest BCUT2D eigenvalue weighted by Crippen LogP contribution is 2.35. The SMILES string of the molecule is CCOC(=O)COc1c(CNc2ccc(Cl)cc2C(=O)Nc2ccc(/C(N)=N/C(=O)OC)cc2)cc(CO)cc1OC(C)C. The van der Waals surface area contributed by atoms with Crippen molar-refractivity contribution in [3.8, 4) is 11.5 Å². The lowest BCUT2D eigenvalue weighted by Gasteiger charge is -2.20. The Morgan fingerprint density at radius 1 is 1.07 bits per heavy atom. The molecule has 0 spiro atoms.